The van der Waals surface area contributed by atoms with Crippen LogP contribution < -0.4 is 0 Å². The molecule has 0 aromatic heterocycles. The molecule has 4 rings (SSSR count). The lowest BCUT2D eigenvalue weighted by atomic mass is 9.44. The largest absolute Gasteiger partial charge is 0.458 e. The summed E-state index contributed by atoms with van der Waals surface area (Å²) in [5.74, 6) is 2.49. The first-order valence-electron chi connectivity index (χ1n) is 10.3. The maximum absolute atomic E-state index is 12.5. The van der Waals surface area contributed by atoms with E-state index in [9.17, 15) is 9.59 Å². The predicted octanol–water partition coefficient (Wildman–Crippen LogP) is 4.86. The van der Waals surface area contributed by atoms with Gasteiger partial charge in [0, 0.05) is 18.8 Å². The van der Waals surface area contributed by atoms with Gasteiger partial charge in [0.15, 0.2) is 0 Å². The summed E-state index contributed by atoms with van der Waals surface area (Å²) in [6.07, 6.45) is 6.98. The zero-order valence-corrected chi connectivity index (χ0v) is 16.5. The van der Waals surface area contributed by atoms with E-state index in [0.29, 0.717) is 29.5 Å². The van der Waals surface area contributed by atoms with Crippen molar-refractivity contribution in [2.24, 2.45) is 34.5 Å². The number of esters is 1. The van der Waals surface area contributed by atoms with Crippen LogP contribution in [0.4, 0.5) is 0 Å². The maximum Gasteiger partial charge on any atom is 0.303 e. The fourth-order valence-corrected chi connectivity index (χ4v) is 7.30. The van der Waals surface area contributed by atoms with Gasteiger partial charge in [-0.05, 0) is 78.8 Å². The van der Waals surface area contributed by atoms with Crippen molar-refractivity contribution in [3.8, 4) is 0 Å². The van der Waals surface area contributed by atoms with E-state index in [2.05, 4.69) is 27.0 Å². The average molecular weight is 357 g/mol. The number of hydrogen-bond donors (Lipinski definition) is 0. The lowest BCUT2D eigenvalue weighted by Crippen LogP contribution is -2.55. The molecule has 7 atom stereocenters. The number of ether oxygens (including phenoxy) is 1. The lowest BCUT2D eigenvalue weighted by molar-refractivity contribution is -0.149. The molecule has 4 aliphatic carbocycles. The fraction of sp³-hybridized carbons (Fsp3) is 0.739. The number of Topliss-reactive ketones (excluding diaryl/α,β-unsaturated/α-hetero) is 1. The van der Waals surface area contributed by atoms with Crippen LogP contribution in [0, 0.1) is 34.5 Å². The molecule has 0 radical (unpaired) electrons. The van der Waals surface area contributed by atoms with Gasteiger partial charge in [0.2, 0.25) is 0 Å². The molecule has 4 fully saturated rings. The zero-order valence-electron chi connectivity index (χ0n) is 16.5. The molecular weight excluding hydrogens is 324 g/mol. The summed E-state index contributed by atoms with van der Waals surface area (Å²) in [6, 6.07) is 0. The molecule has 0 aromatic rings. The first kappa shape index (κ1) is 18.0. The smallest absolute Gasteiger partial charge is 0.303 e. The Kier molecular flexibility index (Phi) is 4.02. The van der Waals surface area contributed by atoms with Crippen molar-refractivity contribution < 1.29 is 14.3 Å². The van der Waals surface area contributed by atoms with Crippen molar-refractivity contribution in [1.29, 1.82) is 0 Å². The molecule has 0 bridgehead atoms. The first-order chi connectivity index (χ1) is 12.2. The Labute approximate surface area is 157 Å². The number of hydrogen-bond acceptors (Lipinski definition) is 3. The van der Waals surface area contributed by atoms with Crippen LogP contribution in [0.25, 0.3) is 0 Å². The Morgan fingerprint density at radius 3 is 2.54 bits per heavy atom. The molecule has 0 spiro atoms. The fourth-order valence-electron chi connectivity index (χ4n) is 7.30. The van der Waals surface area contributed by atoms with Crippen LogP contribution in [0.15, 0.2) is 24.3 Å². The number of rotatable bonds is 1. The average Bonchev–Trinajstić information content (AvgIpc) is 2.89. The third-order valence-electron chi connectivity index (χ3n) is 8.85. The van der Waals surface area contributed by atoms with Gasteiger partial charge in [0.05, 0.1) is 0 Å². The second-order valence-corrected chi connectivity index (χ2v) is 9.69. The van der Waals surface area contributed by atoms with Crippen LogP contribution in [-0.2, 0) is 14.3 Å². The van der Waals surface area contributed by atoms with Crippen molar-refractivity contribution in [3.63, 3.8) is 0 Å². The van der Waals surface area contributed by atoms with Gasteiger partial charge >= 0.3 is 5.97 Å². The van der Waals surface area contributed by atoms with Crippen LogP contribution in [-0.4, -0.2) is 17.9 Å². The molecule has 4 aliphatic rings. The van der Waals surface area contributed by atoms with Gasteiger partial charge in [0.1, 0.15) is 11.9 Å². The van der Waals surface area contributed by atoms with E-state index in [0.717, 1.165) is 49.7 Å². The molecule has 3 heteroatoms. The quantitative estimate of drug-likeness (QED) is 0.630. The van der Waals surface area contributed by atoms with E-state index < -0.39 is 0 Å². The van der Waals surface area contributed by atoms with Crippen LogP contribution in [0.5, 0.6) is 0 Å². The summed E-state index contributed by atoms with van der Waals surface area (Å²) in [5.41, 5.74) is 1.96. The highest BCUT2D eigenvalue weighted by Crippen LogP contribution is 2.67. The zero-order chi connectivity index (χ0) is 18.9. The molecule has 4 saturated carbocycles. The van der Waals surface area contributed by atoms with E-state index in [1.54, 1.807) is 0 Å². The summed E-state index contributed by atoms with van der Waals surface area (Å²) >= 11 is 0. The summed E-state index contributed by atoms with van der Waals surface area (Å²) in [5, 5.41) is 0. The molecular formula is C23H32O3. The maximum atomic E-state index is 12.5. The van der Waals surface area contributed by atoms with Crippen molar-refractivity contribution in [2.45, 2.75) is 71.8 Å². The minimum Gasteiger partial charge on any atom is -0.458 e. The highest BCUT2D eigenvalue weighted by molar-refractivity contribution is 5.87. The van der Waals surface area contributed by atoms with Crippen molar-refractivity contribution in [3.05, 3.63) is 24.3 Å². The highest BCUT2D eigenvalue weighted by Gasteiger charge is 2.61. The van der Waals surface area contributed by atoms with Crippen molar-refractivity contribution >= 4 is 11.8 Å². The summed E-state index contributed by atoms with van der Waals surface area (Å²) in [6.45, 7) is 14.8. The third kappa shape index (κ3) is 2.25. The van der Waals surface area contributed by atoms with Crippen LogP contribution in [0.2, 0.25) is 0 Å². The van der Waals surface area contributed by atoms with Crippen LogP contribution >= 0.6 is 0 Å². The van der Waals surface area contributed by atoms with Crippen molar-refractivity contribution in [1.82, 2.24) is 0 Å². The molecule has 0 aliphatic heterocycles. The molecule has 3 nitrogen and oxygen atoms in total. The molecule has 0 saturated heterocycles. The van der Waals surface area contributed by atoms with Gasteiger partial charge in [-0.25, -0.2) is 0 Å². The van der Waals surface area contributed by atoms with Crippen LogP contribution in [0.3, 0.4) is 0 Å². The SMILES string of the molecule is C=C1C(=C)[C@@]2(C)C(CC[C@@H]3[C@H]2CC[C@]2(C)C(=O)CC[C@@H]32)CC1OC(C)=O. The van der Waals surface area contributed by atoms with E-state index in [1.165, 1.54) is 13.3 Å². The van der Waals surface area contributed by atoms with E-state index >= 15 is 0 Å². The Hall–Kier alpha value is -1.38. The Morgan fingerprint density at radius 2 is 1.85 bits per heavy atom. The van der Waals surface area contributed by atoms with E-state index in [1.807, 2.05) is 0 Å². The van der Waals surface area contributed by atoms with Gasteiger partial charge in [-0.2, -0.15) is 0 Å². The van der Waals surface area contributed by atoms with E-state index in [4.69, 9.17) is 4.74 Å². The Bertz CT molecular complexity index is 692. The summed E-state index contributed by atoms with van der Waals surface area (Å²) < 4.78 is 5.56. The molecule has 0 heterocycles. The van der Waals surface area contributed by atoms with Gasteiger partial charge in [-0.1, -0.05) is 27.0 Å². The number of ketones is 1. The number of fused-ring (bicyclic) bond motifs is 5. The Morgan fingerprint density at radius 1 is 1.12 bits per heavy atom. The molecule has 0 amide bonds. The molecule has 2 unspecified atom stereocenters. The third-order valence-corrected chi connectivity index (χ3v) is 8.85. The van der Waals surface area contributed by atoms with Gasteiger partial charge in [-0.15, -0.1) is 0 Å². The highest BCUT2D eigenvalue weighted by atomic mass is 16.5. The normalized spacial score (nSPS) is 47.8. The minimum atomic E-state index is -0.237. The van der Waals surface area contributed by atoms with Gasteiger partial charge in [0.25, 0.3) is 0 Å². The summed E-state index contributed by atoms with van der Waals surface area (Å²) in [7, 11) is 0. The second kappa shape index (κ2) is 5.81. The molecule has 142 valence electrons. The summed E-state index contributed by atoms with van der Waals surface area (Å²) in [4.78, 5) is 24.0. The Balaban J connectivity index is 1.65. The molecule has 26 heavy (non-hydrogen) atoms. The number of carbonyl (C=O) groups is 2. The monoisotopic (exact) mass is 356 g/mol. The van der Waals surface area contributed by atoms with Crippen LogP contribution in [0.1, 0.15) is 65.7 Å². The van der Waals surface area contributed by atoms with E-state index in [-0.39, 0.29) is 22.9 Å². The van der Waals surface area contributed by atoms with Gasteiger partial charge in [-0.3, -0.25) is 9.59 Å². The predicted molar refractivity (Wildman–Crippen MR) is 101 cm³/mol. The minimum absolute atomic E-state index is 0.0314. The standard InChI is InChI=1S/C23H32O3/c1-13-14(2)23(5)16(12-20(13)26-15(3)24)6-7-17-18-8-9-21(25)22(18,4)11-10-19(17)23/h16-20H,1-2,6-12H2,3-5H3/t16?,17-,18-,19+,20?,22-,23-/m0/s1. The van der Waals surface area contributed by atoms with Crippen molar-refractivity contribution in [2.75, 3.05) is 0 Å². The number of carbonyl (C=O) groups excluding carboxylic acids is 2. The first-order valence-corrected chi connectivity index (χ1v) is 10.3. The second-order valence-electron chi connectivity index (χ2n) is 9.69. The topological polar surface area (TPSA) is 43.4 Å². The molecule has 0 N–H and O–H groups in total. The lowest BCUT2D eigenvalue weighted by Gasteiger charge is -2.61. The molecule has 0 aromatic carbocycles. The van der Waals surface area contributed by atoms with Gasteiger partial charge < -0.3 is 4.74 Å².